The summed E-state index contributed by atoms with van der Waals surface area (Å²) in [5.41, 5.74) is -1.13. The van der Waals surface area contributed by atoms with E-state index in [1.54, 1.807) is 6.92 Å². The van der Waals surface area contributed by atoms with Gasteiger partial charge in [0, 0.05) is 24.8 Å². The molecule has 8 atom stereocenters. The second-order valence-corrected chi connectivity index (χ2v) is 9.95. The number of hydrogen-bond acceptors (Lipinski definition) is 8. The lowest BCUT2D eigenvalue weighted by Crippen LogP contribution is -2.68. The average Bonchev–Trinajstić information content (AvgIpc) is 2.74. The Bertz CT molecular complexity index is 847. The van der Waals surface area contributed by atoms with Crippen LogP contribution in [0.1, 0.15) is 53.4 Å². The zero-order valence-corrected chi connectivity index (χ0v) is 19.7. The molecule has 0 aromatic carbocycles. The number of hydrogen-bond donors (Lipinski definition) is 1. The molecule has 1 N–H and O–H groups in total. The number of carbonyl (C=O) groups is 4. The van der Waals surface area contributed by atoms with Crippen molar-refractivity contribution in [1.29, 1.82) is 0 Å². The van der Waals surface area contributed by atoms with Gasteiger partial charge in [-0.2, -0.15) is 0 Å². The van der Waals surface area contributed by atoms with Gasteiger partial charge in [-0.1, -0.05) is 19.4 Å². The van der Waals surface area contributed by atoms with Crippen LogP contribution in [-0.4, -0.2) is 55.2 Å². The summed E-state index contributed by atoms with van der Waals surface area (Å²) in [5, 5.41) is 11.2. The molecule has 0 aromatic heterocycles. The van der Waals surface area contributed by atoms with Crippen molar-refractivity contribution < 1.29 is 38.5 Å². The van der Waals surface area contributed by atoms with Crippen LogP contribution in [0, 0.1) is 34.5 Å². The van der Waals surface area contributed by atoms with E-state index in [2.05, 4.69) is 0 Å². The number of esters is 3. The SMILES string of the molecule is COC(=O)C=C1CC[C@H]2[C@H]([C@H]1C)[C@@H](O)C(=O)[C@@H]1[C@]2(C)CC[C@H](OC(C)=O)[C@]1(C)C(=O)OC. The number of aliphatic hydroxyl groups excluding tert-OH is 1. The van der Waals surface area contributed by atoms with Crippen molar-refractivity contribution >= 4 is 23.7 Å². The number of fused-ring (bicyclic) bond motifs is 3. The van der Waals surface area contributed by atoms with Gasteiger partial charge in [0.05, 0.1) is 14.2 Å². The zero-order valence-electron chi connectivity index (χ0n) is 19.7. The molecule has 0 radical (unpaired) electrons. The predicted molar refractivity (Wildman–Crippen MR) is 113 cm³/mol. The van der Waals surface area contributed by atoms with Crippen LogP contribution in [0.5, 0.6) is 0 Å². The van der Waals surface area contributed by atoms with Crippen LogP contribution in [0.15, 0.2) is 11.6 Å². The Morgan fingerprint density at radius 1 is 1.12 bits per heavy atom. The van der Waals surface area contributed by atoms with E-state index >= 15 is 0 Å². The third-order valence-corrected chi connectivity index (χ3v) is 8.47. The third kappa shape index (κ3) is 3.56. The lowest BCUT2D eigenvalue weighted by atomic mass is 9.41. The standard InChI is InChI=1S/C24H34O8/c1-12-14(11-17(26)30-5)7-8-15-18(12)19(27)20(28)21-23(15,3)10-9-16(32-13(2)25)24(21,4)22(29)31-6/h11-12,15-16,18-19,21,27H,7-10H2,1-6H3/t12-,15-,16-,18-,19+,21+,23+,24-/m0/s1. The topological polar surface area (TPSA) is 116 Å². The quantitative estimate of drug-likeness (QED) is 0.395. The van der Waals surface area contributed by atoms with E-state index in [1.807, 2.05) is 13.8 Å². The van der Waals surface area contributed by atoms with Crippen molar-refractivity contribution in [3.8, 4) is 0 Å². The first-order valence-corrected chi connectivity index (χ1v) is 11.2. The molecule has 3 aliphatic carbocycles. The van der Waals surface area contributed by atoms with Gasteiger partial charge < -0.3 is 19.3 Å². The molecule has 8 nitrogen and oxygen atoms in total. The second kappa shape index (κ2) is 8.61. The van der Waals surface area contributed by atoms with Gasteiger partial charge >= 0.3 is 17.9 Å². The first-order chi connectivity index (χ1) is 14.9. The molecule has 178 valence electrons. The number of rotatable bonds is 3. The molecule has 0 heterocycles. The van der Waals surface area contributed by atoms with Gasteiger partial charge in [0.1, 0.15) is 17.6 Å². The first-order valence-electron chi connectivity index (χ1n) is 11.2. The summed E-state index contributed by atoms with van der Waals surface area (Å²) >= 11 is 0. The third-order valence-electron chi connectivity index (χ3n) is 8.47. The molecule has 8 heteroatoms. The van der Waals surface area contributed by atoms with Gasteiger partial charge in [0.15, 0.2) is 5.78 Å². The first kappa shape index (κ1) is 24.4. The second-order valence-electron chi connectivity index (χ2n) is 9.95. The van der Waals surface area contributed by atoms with E-state index in [-0.39, 0.29) is 17.8 Å². The summed E-state index contributed by atoms with van der Waals surface area (Å²) < 4.78 is 15.4. The molecule has 0 saturated heterocycles. The largest absolute Gasteiger partial charge is 0.468 e. The number of Topliss-reactive ketones (excluding diaryl/α,β-unsaturated/α-hetero) is 1. The highest BCUT2D eigenvalue weighted by molar-refractivity contribution is 5.94. The number of carbonyl (C=O) groups excluding carboxylic acids is 4. The normalized spacial score (nSPS) is 42.5. The molecule has 0 bridgehead atoms. The number of allylic oxidation sites excluding steroid dienone is 1. The molecule has 0 amide bonds. The molecular formula is C24H34O8. The molecule has 0 aliphatic heterocycles. The van der Waals surface area contributed by atoms with Gasteiger partial charge in [0.2, 0.25) is 0 Å². The summed E-state index contributed by atoms with van der Waals surface area (Å²) in [5.74, 6) is -3.49. The number of methoxy groups -OCH3 is 2. The molecular weight excluding hydrogens is 416 g/mol. The molecule has 32 heavy (non-hydrogen) atoms. The van der Waals surface area contributed by atoms with Gasteiger partial charge in [0.25, 0.3) is 0 Å². The van der Waals surface area contributed by atoms with Crippen LogP contribution in [0.3, 0.4) is 0 Å². The fraction of sp³-hybridized carbons (Fsp3) is 0.750. The monoisotopic (exact) mass is 450 g/mol. The van der Waals surface area contributed by atoms with Crippen LogP contribution in [0.25, 0.3) is 0 Å². The maximum absolute atomic E-state index is 13.7. The van der Waals surface area contributed by atoms with Crippen molar-refractivity contribution in [2.75, 3.05) is 14.2 Å². The highest BCUT2D eigenvalue weighted by atomic mass is 16.6. The van der Waals surface area contributed by atoms with E-state index in [1.165, 1.54) is 27.2 Å². The van der Waals surface area contributed by atoms with Crippen molar-refractivity contribution in [2.45, 2.75) is 65.6 Å². The lowest BCUT2D eigenvalue weighted by molar-refractivity contribution is -0.215. The molecule has 0 aromatic rings. The molecule has 0 unspecified atom stereocenters. The Kier molecular flexibility index (Phi) is 6.57. The Labute approximate surface area is 188 Å². The van der Waals surface area contributed by atoms with Crippen LogP contribution >= 0.6 is 0 Å². The minimum atomic E-state index is -1.40. The van der Waals surface area contributed by atoms with E-state index in [4.69, 9.17) is 14.2 Å². The van der Waals surface area contributed by atoms with E-state index in [0.717, 1.165) is 5.57 Å². The summed E-state index contributed by atoms with van der Waals surface area (Å²) in [6.07, 6.45) is 1.66. The van der Waals surface area contributed by atoms with Crippen LogP contribution in [-0.2, 0) is 33.4 Å². The van der Waals surface area contributed by atoms with Crippen molar-refractivity contribution in [3.05, 3.63) is 11.6 Å². The van der Waals surface area contributed by atoms with Crippen molar-refractivity contribution in [1.82, 2.24) is 0 Å². The number of ketones is 1. The Balaban J connectivity index is 2.08. The Hall–Kier alpha value is -2.22. The summed E-state index contributed by atoms with van der Waals surface area (Å²) in [6, 6.07) is 0. The summed E-state index contributed by atoms with van der Waals surface area (Å²) in [7, 11) is 2.57. The van der Waals surface area contributed by atoms with Gasteiger partial charge in [-0.05, 0) is 49.9 Å². The Morgan fingerprint density at radius 2 is 1.78 bits per heavy atom. The zero-order chi connectivity index (χ0) is 24.0. The number of ether oxygens (including phenoxy) is 3. The lowest BCUT2D eigenvalue weighted by Gasteiger charge is -2.62. The summed E-state index contributed by atoms with van der Waals surface area (Å²) in [6.45, 7) is 6.83. The van der Waals surface area contributed by atoms with Crippen LogP contribution < -0.4 is 0 Å². The number of aliphatic hydroxyl groups is 1. The van der Waals surface area contributed by atoms with Crippen LogP contribution in [0.4, 0.5) is 0 Å². The maximum Gasteiger partial charge on any atom is 0.330 e. The molecule has 3 rings (SSSR count). The van der Waals surface area contributed by atoms with Crippen LogP contribution in [0.2, 0.25) is 0 Å². The molecule has 0 spiro atoms. The van der Waals surface area contributed by atoms with E-state index < -0.39 is 52.6 Å². The smallest absolute Gasteiger partial charge is 0.330 e. The molecule has 3 saturated carbocycles. The highest BCUT2D eigenvalue weighted by Gasteiger charge is 2.69. The highest BCUT2D eigenvalue weighted by Crippen LogP contribution is 2.64. The minimum Gasteiger partial charge on any atom is -0.468 e. The van der Waals surface area contributed by atoms with Crippen molar-refractivity contribution in [3.63, 3.8) is 0 Å². The fourth-order valence-corrected chi connectivity index (χ4v) is 7.00. The minimum absolute atomic E-state index is 0.0488. The van der Waals surface area contributed by atoms with Gasteiger partial charge in [-0.15, -0.1) is 0 Å². The van der Waals surface area contributed by atoms with Crippen molar-refractivity contribution in [2.24, 2.45) is 34.5 Å². The average molecular weight is 451 g/mol. The van der Waals surface area contributed by atoms with Gasteiger partial charge in [-0.3, -0.25) is 14.4 Å². The summed E-state index contributed by atoms with van der Waals surface area (Å²) in [4.78, 5) is 50.3. The fourth-order valence-electron chi connectivity index (χ4n) is 7.00. The van der Waals surface area contributed by atoms with E-state index in [9.17, 15) is 24.3 Å². The predicted octanol–water partition coefficient (Wildman–Crippen LogP) is 2.22. The van der Waals surface area contributed by atoms with Gasteiger partial charge in [-0.25, -0.2) is 4.79 Å². The Morgan fingerprint density at radius 3 is 2.34 bits per heavy atom. The molecule has 3 fully saturated rings. The molecule has 3 aliphatic rings. The van der Waals surface area contributed by atoms with E-state index in [0.29, 0.717) is 25.7 Å². The maximum atomic E-state index is 13.7.